The molecule has 1 aromatic rings. The number of nitrogens with zero attached hydrogens (tertiary/aromatic N) is 1. The van der Waals surface area contributed by atoms with Gasteiger partial charge in [-0.25, -0.2) is 0 Å². The van der Waals surface area contributed by atoms with Crippen molar-refractivity contribution in [1.29, 1.82) is 0 Å². The van der Waals surface area contributed by atoms with E-state index in [4.69, 9.17) is 5.11 Å². The third-order valence-corrected chi connectivity index (χ3v) is 5.48. The van der Waals surface area contributed by atoms with Gasteiger partial charge in [0.25, 0.3) is 0 Å². The highest BCUT2D eigenvalue weighted by Crippen LogP contribution is 2.58. The monoisotopic (exact) mass is 303 g/mol. The molecule has 0 radical (unpaired) electrons. The summed E-state index contributed by atoms with van der Waals surface area (Å²) in [5.74, 6) is 7.97. The third-order valence-electron chi connectivity index (χ3n) is 4.59. The zero-order valence-electron chi connectivity index (χ0n) is 12.3. The minimum absolute atomic E-state index is 0.103. The van der Waals surface area contributed by atoms with Gasteiger partial charge in [0.2, 0.25) is 5.91 Å². The molecule has 0 aromatic carbocycles. The zero-order chi connectivity index (χ0) is 14.8. The maximum atomic E-state index is 12.4. The van der Waals surface area contributed by atoms with Gasteiger partial charge in [-0.2, -0.15) is 0 Å². The van der Waals surface area contributed by atoms with E-state index in [2.05, 4.69) is 17.2 Å². The maximum absolute atomic E-state index is 12.4. The molecule has 0 saturated heterocycles. The van der Waals surface area contributed by atoms with Gasteiger partial charge in [0.15, 0.2) is 0 Å². The highest BCUT2D eigenvalue weighted by molar-refractivity contribution is 7.10. The summed E-state index contributed by atoms with van der Waals surface area (Å²) in [5.41, 5.74) is 1.15. The van der Waals surface area contributed by atoms with Crippen molar-refractivity contribution in [3.05, 3.63) is 21.9 Å². The van der Waals surface area contributed by atoms with Crippen molar-refractivity contribution in [2.24, 2.45) is 17.8 Å². The summed E-state index contributed by atoms with van der Waals surface area (Å²) in [6, 6.07) is 2.05. The first kappa shape index (κ1) is 14.6. The molecule has 2 aliphatic rings. The van der Waals surface area contributed by atoms with Gasteiger partial charge in [-0.15, -0.1) is 11.3 Å². The van der Waals surface area contributed by atoms with Crippen LogP contribution in [0.5, 0.6) is 0 Å². The lowest BCUT2D eigenvalue weighted by atomic mass is 10.1. The van der Waals surface area contributed by atoms with E-state index in [9.17, 15) is 4.79 Å². The van der Waals surface area contributed by atoms with Crippen LogP contribution >= 0.6 is 11.3 Å². The Balaban J connectivity index is 1.54. The molecule has 4 heteroatoms. The van der Waals surface area contributed by atoms with E-state index in [1.54, 1.807) is 11.3 Å². The van der Waals surface area contributed by atoms with E-state index in [1.807, 2.05) is 18.0 Å². The standard InChI is InChI=1S/C17H21NO2S/c1-18(17(20)16-14-6-4-7-15(14)16)10-12-9-13(21-11-12)5-2-3-8-19/h9,11,14-16,19H,3-4,6-8,10H2,1H3. The summed E-state index contributed by atoms with van der Waals surface area (Å²) in [4.78, 5) is 15.3. The first-order valence-electron chi connectivity index (χ1n) is 7.63. The number of amides is 1. The van der Waals surface area contributed by atoms with Gasteiger partial charge in [-0.05, 0) is 41.7 Å². The van der Waals surface area contributed by atoms with E-state index < -0.39 is 0 Å². The average Bonchev–Trinajstić information content (AvgIpc) is 2.84. The van der Waals surface area contributed by atoms with Crippen LogP contribution in [0.25, 0.3) is 0 Å². The normalized spacial score (nSPS) is 25.9. The number of rotatable bonds is 4. The Hall–Kier alpha value is -1.31. The molecular weight excluding hydrogens is 282 g/mol. The molecule has 1 heterocycles. The molecule has 2 unspecified atom stereocenters. The van der Waals surface area contributed by atoms with E-state index >= 15 is 0 Å². The molecule has 2 aliphatic carbocycles. The molecule has 112 valence electrons. The lowest BCUT2D eigenvalue weighted by Crippen LogP contribution is -2.28. The van der Waals surface area contributed by atoms with E-state index in [1.165, 1.54) is 19.3 Å². The van der Waals surface area contributed by atoms with Crippen LogP contribution in [0.2, 0.25) is 0 Å². The summed E-state index contributed by atoms with van der Waals surface area (Å²) in [7, 11) is 1.91. The van der Waals surface area contributed by atoms with Crippen molar-refractivity contribution in [2.45, 2.75) is 32.2 Å². The van der Waals surface area contributed by atoms with Crippen LogP contribution < -0.4 is 0 Å². The van der Waals surface area contributed by atoms with Gasteiger partial charge < -0.3 is 10.0 Å². The van der Waals surface area contributed by atoms with Crippen LogP contribution in [0.3, 0.4) is 0 Å². The predicted molar refractivity (Wildman–Crippen MR) is 83.7 cm³/mol. The molecule has 3 nitrogen and oxygen atoms in total. The molecule has 1 N–H and O–H groups in total. The predicted octanol–water partition coefficient (Wildman–Crippen LogP) is 2.49. The Morgan fingerprint density at radius 2 is 2.24 bits per heavy atom. The number of carbonyl (C=O) groups excluding carboxylic acids is 1. The Bertz CT molecular complexity index is 573. The minimum Gasteiger partial charge on any atom is -0.395 e. The molecule has 0 spiro atoms. The number of carbonyl (C=O) groups is 1. The molecule has 3 rings (SSSR count). The van der Waals surface area contributed by atoms with Gasteiger partial charge in [-0.3, -0.25) is 4.79 Å². The molecule has 2 atom stereocenters. The molecular formula is C17H21NO2S. The number of hydrogen-bond donors (Lipinski definition) is 1. The molecule has 21 heavy (non-hydrogen) atoms. The summed E-state index contributed by atoms with van der Waals surface area (Å²) >= 11 is 1.60. The molecule has 0 bridgehead atoms. The average molecular weight is 303 g/mol. The lowest BCUT2D eigenvalue weighted by Gasteiger charge is -2.17. The van der Waals surface area contributed by atoms with Crippen molar-refractivity contribution in [1.82, 2.24) is 4.90 Å². The second-order valence-corrected chi connectivity index (χ2v) is 6.98. The van der Waals surface area contributed by atoms with Crippen molar-refractivity contribution in [2.75, 3.05) is 13.7 Å². The number of hydrogen-bond acceptors (Lipinski definition) is 3. The maximum Gasteiger partial charge on any atom is 0.226 e. The molecule has 1 aromatic heterocycles. The molecule has 0 aliphatic heterocycles. The van der Waals surface area contributed by atoms with Crippen LogP contribution in [0.1, 0.15) is 36.1 Å². The minimum atomic E-state index is 0.103. The first-order chi connectivity index (χ1) is 10.2. The quantitative estimate of drug-likeness (QED) is 0.868. The smallest absolute Gasteiger partial charge is 0.226 e. The largest absolute Gasteiger partial charge is 0.395 e. The molecule has 1 amide bonds. The van der Waals surface area contributed by atoms with E-state index in [-0.39, 0.29) is 6.61 Å². The highest BCUT2D eigenvalue weighted by Gasteiger charge is 2.57. The lowest BCUT2D eigenvalue weighted by molar-refractivity contribution is -0.132. The van der Waals surface area contributed by atoms with Crippen molar-refractivity contribution in [3.63, 3.8) is 0 Å². The highest BCUT2D eigenvalue weighted by atomic mass is 32.1. The Morgan fingerprint density at radius 1 is 1.48 bits per heavy atom. The van der Waals surface area contributed by atoms with Crippen LogP contribution in [-0.2, 0) is 11.3 Å². The van der Waals surface area contributed by atoms with Crippen LogP contribution in [-0.4, -0.2) is 29.6 Å². The second-order valence-electron chi connectivity index (χ2n) is 6.07. The Kier molecular flexibility index (Phi) is 4.32. The van der Waals surface area contributed by atoms with Crippen molar-refractivity contribution in [3.8, 4) is 11.8 Å². The van der Waals surface area contributed by atoms with Gasteiger partial charge in [0.1, 0.15) is 0 Å². The topological polar surface area (TPSA) is 40.5 Å². The molecule has 2 fully saturated rings. The van der Waals surface area contributed by atoms with E-state index in [0.717, 1.165) is 10.4 Å². The van der Waals surface area contributed by atoms with Crippen LogP contribution in [0.4, 0.5) is 0 Å². The summed E-state index contributed by atoms with van der Waals surface area (Å²) in [5, 5.41) is 10.8. The fourth-order valence-corrected chi connectivity index (χ4v) is 4.30. The Morgan fingerprint density at radius 3 is 2.95 bits per heavy atom. The first-order valence-corrected chi connectivity index (χ1v) is 8.51. The number of aliphatic hydroxyl groups is 1. The molecule has 2 saturated carbocycles. The Labute approximate surface area is 130 Å². The van der Waals surface area contributed by atoms with Gasteiger partial charge >= 0.3 is 0 Å². The third kappa shape index (κ3) is 3.14. The zero-order valence-corrected chi connectivity index (χ0v) is 13.2. The van der Waals surface area contributed by atoms with Gasteiger partial charge in [-0.1, -0.05) is 18.3 Å². The summed E-state index contributed by atoms with van der Waals surface area (Å²) in [6.07, 6.45) is 4.31. The van der Waals surface area contributed by atoms with E-state index in [0.29, 0.717) is 36.6 Å². The number of fused-ring (bicyclic) bond motifs is 1. The van der Waals surface area contributed by atoms with Crippen molar-refractivity contribution >= 4 is 17.2 Å². The van der Waals surface area contributed by atoms with Gasteiger partial charge in [0, 0.05) is 25.9 Å². The summed E-state index contributed by atoms with van der Waals surface area (Å²) < 4.78 is 0. The van der Waals surface area contributed by atoms with Crippen molar-refractivity contribution < 1.29 is 9.90 Å². The van der Waals surface area contributed by atoms with Crippen LogP contribution in [0.15, 0.2) is 11.4 Å². The summed E-state index contributed by atoms with van der Waals surface area (Å²) in [6.45, 7) is 0.777. The van der Waals surface area contributed by atoms with Crippen LogP contribution in [0, 0.1) is 29.6 Å². The fourth-order valence-electron chi connectivity index (χ4n) is 3.52. The van der Waals surface area contributed by atoms with Gasteiger partial charge in [0.05, 0.1) is 11.5 Å². The second kappa shape index (κ2) is 6.21. The number of aliphatic hydroxyl groups excluding tert-OH is 1. The fraction of sp³-hybridized carbons (Fsp3) is 0.588. The SMILES string of the molecule is CN(Cc1csc(C#CCCO)c1)C(=O)C1C2CCCC21. The number of thiophene rings is 1.